The van der Waals surface area contributed by atoms with E-state index < -0.39 is 5.97 Å². The molecule has 0 aliphatic heterocycles. The van der Waals surface area contributed by atoms with Crippen LogP contribution in [-0.4, -0.2) is 29.0 Å². The summed E-state index contributed by atoms with van der Waals surface area (Å²) in [5.74, 6) is -0.854. The Bertz CT molecular complexity index is 854. The number of methoxy groups -OCH3 is 1. The number of amides is 1. The average Bonchev–Trinajstić information content (AvgIpc) is 2.99. The predicted octanol–water partition coefficient (Wildman–Crippen LogP) is 2.60. The van der Waals surface area contributed by atoms with E-state index in [-0.39, 0.29) is 11.5 Å². The lowest BCUT2D eigenvalue weighted by Gasteiger charge is -2.08. The minimum absolute atomic E-state index is 0.255. The first kappa shape index (κ1) is 13.8. The van der Waals surface area contributed by atoms with Crippen molar-refractivity contribution in [2.75, 3.05) is 12.4 Å². The van der Waals surface area contributed by atoms with Gasteiger partial charge in [0.15, 0.2) is 0 Å². The number of carbonyl (C=O) groups is 2. The third kappa shape index (κ3) is 2.42. The summed E-state index contributed by atoms with van der Waals surface area (Å²) in [7, 11) is 1.29. The van der Waals surface area contributed by atoms with Gasteiger partial charge in [0.1, 0.15) is 0 Å². The van der Waals surface area contributed by atoms with Gasteiger partial charge in [0, 0.05) is 23.3 Å². The number of hydrogen-bond donors (Lipinski definition) is 2. The van der Waals surface area contributed by atoms with Crippen LogP contribution in [0.4, 0.5) is 5.69 Å². The van der Waals surface area contributed by atoms with E-state index in [4.69, 9.17) is 4.74 Å². The fourth-order valence-corrected chi connectivity index (χ4v) is 2.23. The van der Waals surface area contributed by atoms with Gasteiger partial charge in [-0.25, -0.2) is 4.79 Å². The van der Waals surface area contributed by atoms with Crippen molar-refractivity contribution in [3.63, 3.8) is 0 Å². The van der Waals surface area contributed by atoms with Crippen LogP contribution >= 0.6 is 0 Å². The van der Waals surface area contributed by atoms with Crippen LogP contribution in [-0.2, 0) is 4.74 Å². The smallest absolute Gasteiger partial charge is 0.340 e. The second-order valence-electron chi connectivity index (χ2n) is 4.61. The number of anilines is 1. The van der Waals surface area contributed by atoms with Crippen LogP contribution in [0.1, 0.15) is 20.7 Å². The number of fused-ring (bicyclic) bond motifs is 1. The molecule has 0 unspecified atom stereocenters. The maximum atomic E-state index is 12.4. The van der Waals surface area contributed by atoms with Crippen LogP contribution < -0.4 is 5.32 Å². The standard InChI is InChI=1S/C16H13N3O3/c1-22-16(21)11-6-7-17-9-14(11)19-15(20)12-8-18-13-5-3-2-4-10(12)13/h2-9,18H,1H3,(H,19,20). The third-order valence-corrected chi connectivity index (χ3v) is 3.31. The Morgan fingerprint density at radius 3 is 2.82 bits per heavy atom. The molecular formula is C16H13N3O3. The van der Waals surface area contributed by atoms with Crippen molar-refractivity contribution in [2.45, 2.75) is 0 Å². The van der Waals surface area contributed by atoms with Crippen LogP contribution in [0.25, 0.3) is 10.9 Å². The lowest BCUT2D eigenvalue weighted by Crippen LogP contribution is -2.15. The van der Waals surface area contributed by atoms with Crippen LogP contribution in [0.3, 0.4) is 0 Å². The number of nitrogens with zero attached hydrogens (tertiary/aromatic N) is 1. The summed E-state index contributed by atoms with van der Waals surface area (Å²) in [5.41, 5.74) is 1.93. The first-order valence-electron chi connectivity index (χ1n) is 6.60. The Morgan fingerprint density at radius 2 is 2.00 bits per heavy atom. The van der Waals surface area contributed by atoms with Crippen LogP contribution in [0, 0.1) is 0 Å². The second-order valence-corrected chi connectivity index (χ2v) is 4.61. The molecule has 2 N–H and O–H groups in total. The van der Waals surface area contributed by atoms with Crippen molar-refractivity contribution in [2.24, 2.45) is 0 Å². The number of pyridine rings is 1. The largest absolute Gasteiger partial charge is 0.465 e. The third-order valence-electron chi connectivity index (χ3n) is 3.31. The highest BCUT2D eigenvalue weighted by atomic mass is 16.5. The normalized spacial score (nSPS) is 10.4. The van der Waals surface area contributed by atoms with E-state index in [1.54, 1.807) is 6.20 Å². The van der Waals surface area contributed by atoms with E-state index in [0.717, 1.165) is 10.9 Å². The number of para-hydroxylation sites is 1. The number of aromatic nitrogens is 2. The molecule has 22 heavy (non-hydrogen) atoms. The fraction of sp³-hybridized carbons (Fsp3) is 0.0625. The Balaban J connectivity index is 1.94. The SMILES string of the molecule is COC(=O)c1ccncc1NC(=O)c1c[nH]c2ccccc12. The number of carbonyl (C=O) groups excluding carboxylic acids is 2. The number of hydrogen-bond acceptors (Lipinski definition) is 4. The Kier molecular flexibility index (Phi) is 3.57. The van der Waals surface area contributed by atoms with E-state index in [9.17, 15) is 9.59 Å². The summed E-state index contributed by atoms with van der Waals surface area (Å²) < 4.78 is 4.70. The van der Waals surface area contributed by atoms with Crippen LogP contribution in [0.15, 0.2) is 48.9 Å². The zero-order chi connectivity index (χ0) is 15.5. The summed E-state index contributed by atoms with van der Waals surface area (Å²) in [6.07, 6.45) is 4.51. The zero-order valence-electron chi connectivity index (χ0n) is 11.8. The molecule has 0 aliphatic carbocycles. The van der Waals surface area contributed by atoms with Gasteiger partial charge >= 0.3 is 5.97 Å². The molecule has 0 radical (unpaired) electrons. The molecule has 0 saturated heterocycles. The topological polar surface area (TPSA) is 84.1 Å². The van der Waals surface area contributed by atoms with E-state index in [1.807, 2.05) is 24.3 Å². The van der Waals surface area contributed by atoms with Gasteiger partial charge in [0.25, 0.3) is 5.91 Å². The molecule has 0 bridgehead atoms. The minimum Gasteiger partial charge on any atom is -0.465 e. The molecular weight excluding hydrogens is 282 g/mol. The summed E-state index contributed by atoms with van der Waals surface area (Å²) in [6.45, 7) is 0. The number of nitrogens with one attached hydrogen (secondary N) is 2. The van der Waals surface area contributed by atoms with Crippen molar-refractivity contribution in [3.05, 3.63) is 60.0 Å². The summed E-state index contributed by atoms with van der Waals surface area (Å²) in [4.78, 5) is 31.1. The molecule has 3 aromatic rings. The monoisotopic (exact) mass is 295 g/mol. The quantitative estimate of drug-likeness (QED) is 0.727. The number of rotatable bonds is 3. The molecule has 1 aromatic carbocycles. The summed E-state index contributed by atoms with van der Waals surface area (Å²) in [5, 5.41) is 3.51. The fourth-order valence-electron chi connectivity index (χ4n) is 2.23. The molecule has 3 rings (SSSR count). The number of H-pyrrole nitrogens is 1. The van der Waals surface area contributed by atoms with Crippen molar-refractivity contribution in [1.29, 1.82) is 0 Å². The van der Waals surface area contributed by atoms with Gasteiger partial charge in [-0.3, -0.25) is 9.78 Å². The lowest BCUT2D eigenvalue weighted by molar-refractivity contribution is 0.0602. The molecule has 2 heterocycles. The highest BCUT2D eigenvalue weighted by Crippen LogP contribution is 2.20. The number of benzene rings is 1. The predicted molar refractivity (Wildman–Crippen MR) is 81.8 cm³/mol. The number of aromatic amines is 1. The lowest BCUT2D eigenvalue weighted by atomic mass is 10.1. The first-order valence-corrected chi connectivity index (χ1v) is 6.60. The Hall–Kier alpha value is -3.15. The van der Waals surface area contributed by atoms with E-state index in [0.29, 0.717) is 11.3 Å². The van der Waals surface area contributed by atoms with Crippen molar-refractivity contribution >= 4 is 28.5 Å². The molecule has 0 atom stereocenters. The number of ether oxygens (including phenoxy) is 1. The molecule has 0 aliphatic rings. The summed E-state index contributed by atoms with van der Waals surface area (Å²) in [6, 6.07) is 8.98. The van der Waals surface area contributed by atoms with E-state index >= 15 is 0 Å². The molecule has 6 heteroatoms. The van der Waals surface area contributed by atoms with Crippen molar-refractivity contribution in [3.8, 4) is 0 Å². The first-order chi connectivity index (χ1) is 10.7. The zero-order valence-corrected chi connectivity index (χ0v) is 11.8. The molecule has 6 nitrogen and oxygen atoms in total. The van der Waals surface area contributed by atoms with Crippen molar-refractivity contribution in [1.82, 2.24) is 9.97 Å². The summed E-state index contributed by atoms with van der Waals surface area (Å²) >= 11 is 0. The molecule has 0 spiro atoms. The van der Waals surface area contributed by atoms with Crippen LogP contribution in [0.2, 0.25) is 0 Å². The van der Waals surface area contributed by atoms with E-state index in [2.05, 4.69) is 15.3 Å². The van der Waals surface area contributed by atoms with Crippen molar-refractivity contribution < 1.29 is 14.3 Å². The Labute approximate surface area is 126 Å². The molecule has 1 amide bonds. The molecule has 0 fully saturated rings. The maximum absolute atomic E-state index is 12.4. The van der Waals surface area contributed by atoms with Gasteiger partial charge in [0.2, 0.25) is 0 Å². The van der Waals surface area contributed by atoms with Gasteiger partial charge in [-0.05, 0) is 12.1 Å². The molecule has 110 valence electrons. The van der Waals surface area contributed by atoms with Gasteiger partial charge in [-0.1, -0.05) is 18.2 Å². The Morgan fingerprint density at radius 1 is 1.18 bits per heavy atom. The van der Waals surface area contributed by atoms with E-state index in [1.165, 1.54) is 25.6 Å². The van der Waals surface area contributed by atoms with Gasteiger partial charge in [-0.15, -0.1) is 0 Å². The van der Waals surface area contributed by atoms with Crippen LogP contribution in [0.5, 0.6) is 0 Å². The number of esters is 1. The molecule has 0 saturated carbocycles. The molecule has 2 aromatic heterocycles. The highest BCUT2D eigenvalue weighted by Gasteiger charge is 2.16. The second kappa shape index (κ2) is 5.69. The van der Waals surface area contributed by atoms with Gasteiger partial charge in [-0.2, -0.15) is 0 Å². The van der Waals surface area contributed by atoms with Gasteiger partial charge in [0.05, 0.1) is 30.1 Å². The van der Waals surface area contributed by atoms with Gasteiger partial charge < -0.3 is 15.0 Å². The highest BCUT2D eigenvalue weighted by molar-refractivity contribution is 6.14. The maximum Gasteiger partial charge on any atom is 0.340 e. The average molecular weight is 295 g/mol. The minimum atomic E-state index is -0.531.